The van der Waals surface area contributed by atoms with Gasteiger partial charge in [0.25, 0.3) is 5.91 Å². The lowest BCUT2D eigenvalue weighted by Crippen LogP contribution is -2.50. The first-order valence-corrected chi connectivity index (χ1v) is 12.7. The van der Waals surface area contributed by atoms with E-state index in [9.17, 15) is 4.79 Å². The number of aliphatic hydroxyl groups is 1. The molecule has 0 saturated carbocycles. The summed E-state index contributed by atoms with van der Waals surface area (Å²) in [5.74, 6) is 1.60. The van der Waals surface area contributed by atoms with Gasteiger partial charge in [0.15, 0.2) is 11.6 Å². The van der Waals surface area contributed by atoms with Crippen LogP contribution in [0, 0.1) is 0 Å². The standard InChI is InChI=1S/C30H34N2O5/c1-3-17-31-29(34)30(21-22-9-5-4-6-10-22)27(24-11-7-12-26(20-24)35-2)37-28(32-30)23-13-15-25(16-14-23)36-19-8-18-33/h4-7,9-16,20,27,33H,3,8,17-19,21H2,1-2H3,(H,31,34)/t27-,30-/m1/s1. The number of aliphatic hydroxyl groups excluding tert-OH is 1. The molecule has 3 aromatic rings. The zero-order valence-corrected chi connectivity index (χ0v) is 21.4. The average Bonchev–Trinajstić information content (AvgIpc) is 3.33. The zero-order chi connectivity index (χ0) is 26.1. The number of carbonyl (C=O) groups is 1. The molecule has 1 heterocycles. The van der Waals surface area contributed by atoms with E-state index in [1.807, 2.05) is 85.8 Å². The third-order valence-electron chi connectivity index (χ3n) is 6.28. The van der Waals surface area contributed by atoms with Crippen molar-refractivity contribution in [3.8, 4) is 11.5 Å². The Hall–Kier alpha value is -3.84. The number of ether oxygens (including phenoxy) is 3. The summed E-state index contributed by atoms with van der Waals surface area (Å²) >= 11 is 0. The summed E-state index contributed by atoms with van der Waals surface area (Å²) in [6.45, 7) is 3.08. The van der Waals surface area contributed by atoms with E-state index in [-0.39, 0.29) is 12.5 Å². The number of methoxy groups -OCH3 is 1. The second kappa shape index (κ2) is 12.4. The minimum absolute atomic E-state index is 0.0813. The number of benzene rings is 3. The van der Waals surface area contributed by atoms with Crippen molar-refractivity contribution in [2.24, 2.45) is 4.99 Å². The number of hydrogen-bond acceptors (Lipinski definition) is 6. The van der Waals surface area contributed by atoms with Crippen LogP contribution in [0.15, 0.2) is 83.9 Å². The van der Waals surface area contributed by atoms with Gasteiger partial charge in [0.05, 0.1) is 13.7 Å². The number of hydrogen-bond donors (Lipinski definition) is 2. The number of rotatable bonds is 12. The van der Waals surface area contributed by atoms with Gasteiger partial charge < -0.3 is 24.6 Å². The van der Waals surface area contributed by atoms with E-state index in [1.54, 1.807) is 7.11 Å². The Morgan fingerprint density at radius 2 is 1.84 bits per heavy atom. The number of aliphatic imine (C=N–C) groups is 1. The van der Waals surface area contributed by atoms with Crippen LogP contribution in [0.4, 0.5) is 0 Å². The fourth-order valence-electron chi connectivity index (χ4n) is 4.39. The summed E-state index contributed by atoms with van der Waals surface area (Å²) in [5.41, 5.74) is 1.34. The molecule has 2 atom stereocenters. The molecule has 0 aromatic heterocycles. The topological polar surface area (TPSA) is 89.4 Å². The number of nitrogens with one attached hydrogen (secondary N) is 1. The smallest absolute Gasteiger partial charge is 0.252 e. The monoisotopic (exact) mass is 502 g/mol. The van der Waals surface area contributed by atoms with E-state index in [2.05, 4.69) is 5.32 Å². The molecule has 7 nitrogen and oxygen atoms in total. The van der Waals surface area contributed by atoms with Crippen molar-refractivity contribution in [3.63, 3.8) is 0 Å². The molecule has 0 saturated heterocycles. The Labute approximate surface area is 218 Å². The summed E-state index contributed by atoms with van der Waals surface area (Å²) in [6.07, 6.45) is 1.09. The molecule has 0 spiro atoms. The van der Waals surface area contributed by atoms with E-state index in [4.69, 9.17) is 24.3 Å². The van der Waals surface area contributed by atoms with Crippen LogP contribution >= 0.6 is 0 Å². The minimum atomic E-state index is -1.21. The maximum absolute atomic E-state index is 13.9. The summed E-state index contributed by atoms with van der Waals surface area (Å²) < 4.78 is 17.7. The van der Waals surface area contributed by atoms with Crippen LogP contribution in [-0.4, -0.2) is 49.3 Å². The molecule has 1 aliphatic rings. The van der Waals surface area contributed by atoms with Gasteiger partial charge in [0.1, 0.15) is 11.5 Å². The molecule has 2 N–H and O–H groups in total. The van der Waals surface area contributed by atoms with Gasteiger partial charge in [-0.05, 0) is 53.9 Å². The highest BCUT2D eigenvalue weighted by Crippen LogP contribution is 2.43. The summed E-state index contributed by atoms with van der Waals surface area (Å²) in [7, 11) is 1.62. The Kier molecular flexibility index (Phi) is 8.80. The number of amides is 1. The van der Waals surface area contributed by atoms with Gasteiger partial charge in [-0.25, -0.2) is 4.99 Å². The van der Waals surface area contributed by atoms with Crippen molar-refractivity contribution in [3.05, 3.63) is 95.6 Å². The van der Waals surface area contributed by atoms with Crippen molar-refractivity contribution in [1.29, 1.82) is 0 Å². The Balaban J connectivity index is 1.76. The van der Waals surface area contributed by atoms with Crippen LogP contribution in [0.5, 0.6) is 11.5 Å². The average molecular weight is 503 g/mol. The van der Waals surface area contributed by atoms with Crippen LogP contribution < -0.4 is 14.8 Å². The largest absolute Gasteiger partial charge is 0.497 e. The van der Waals surface area contributed by atoms with Crippen LogP contribution in [0.2, 0.25) is 0 Å². The molecule has 0 unspecified atom stereocenters. The maximum Gasteiger partial charge on any atom is 0.252 e. The van der Waals surface area contributed by atoms with Crippen molar-refractivity contribution in [2.75, 3.05) is 26.9 Å². The molecule has 0 radical (unpaired) electrons. The van der Waals surface area contributed by atoms with Gasteiger partial charge in [-0.3, -0.25) is 4.79 Å². The molecule has 7 heteroatoms. The third kappa shape index (κ3) is 6.12. The molecule has 1 aliphatic heterocycles. The molecule has 4 rings (SSSR count). The molecule has 194 valence electrons. The Morgan fingerprint density at radius 1 is 1.05 bits per heavy atom. The highest BCUT2D eigenvalue weighted by atomic mass is 16.5. The van der Waals surface area contributed by atoms with Gasteiger partial charge in [0.2, 0.25) is 5.90 Å². The van der Waals surface area contributed by atoms with Crippen LogP contribution in [0.3, 0.4) is 0 Å². The van der Waals surface area contributed by atoms with Crippen molar-refractivity contribution < 1.29 is 24.1 Å². The van der Waals surface area contributed by atoms with E-state index < -0.39 is 11.6 Å². The molecule has 3 aromatic carbocycles. The number of carbonyl (C=O) groups excluding carboxylic acids is 1. The van der Waals surface area contributed by atoms with Gasteiger partial charge in [-0.1, -0.05) is 49.4 Å². The van der Waals surface area contributed by atoms with Crippen molar-refractivity contribution in [1.82, 2.24) is 5.32 Å². The quantitative estimate of drug-likeness (QED) is 0.357. The highest BCUT2D eigenvalue weighted by Gasteiger charge is 2.53. The van der Waals surface area contributed by atoms with Crippen molar-refractivity contribution >= 4 is 11.8 Å². The molecular weight excluding hydrogens is 468 g/mol. The van der Waals surface area contributed by atoms with Crippen LogP contribution in [0.25, 0.3) is 0 Å². The Morgan fingerprint density at radius 3 is 2.54 bits per heavy atom. The third-order valence-corrected chi connectivity index (χ3v) is 6.28. The second-order valence-corrected chi connectivity index (χ2v) is 8.98. The molecule has 0 fully saturated rings. The van der Waals surface area contributed by atoms with Crippen LogP contribution in [0.1, 0.15) is 42.6 Å². The second-order valence-electron chi connectivity index (χ2n) is 8.98. The van der Waals surface area contributed by atoms with Gasteiger partial charge in [0, 0.05) is 31.6 Å². The van der Waals surface area contributed by atoms with Gasteiger partial charge in [-0.2, -0.15) is 0 Å². The predicted octanol–water partition coefficient (Wildman–Crippen LogP) is 4.48. The first kappa shape index (κ1) is 26.2. The van der Waals surface area contributed by atoms with E-state index >= 15 is 0 Å². The van der Waals surface area contributed by atoms with E-state index in [0.29, 0.717) is 43.4 Å². The minimum Gasteiger partial charge on any atom is -0.497 e. The molecule has 0 aliphatic carbocycles. The molecule has 1 amide bonds. The first-order valence-electron chi connectivity index (χ1n) is 12.7. The predicted molar refractivity (Wildman–Crippen MR) is 143 cm³/mol. The lowest BCUT2D eigenvalue weighted by atomic mass is 9.82. The maximum atomic E-state index is 13.9. The van der Waals surface area contributed by atoms with Crippen molar-refractivity contribution in [2.45, 2.75) is 37.8 Å². The highest BCUT2D eigenvalue weighted by molar-refractivity contribution is 6.01. The fourth-order valence-corrected chi connectivity index (χ4v) is 4.39. The summed E-state index contributed by atoms with van der Waals surface area (Å²) in [6, 6.07) is 24.9. The zero-order valence-electron chi connectivity index (χ0n) is 21.4. The van der Waals surface area contributed by atoms with Gasteiger partial charge >= 0.3 is 0 Å². The summed E-state index contributed by atoms with van der Waals surface area (Å²) in [4.78, 5) is 18.9. The number of nitrogens with zero attached hydrogens (tertiary/aromatic N) is 1. The SMILES string of the molecule is CCCNC(=O)[C@]1(Cc2ccccc2)N=C(c2ccc(OCCCO)cc2)O[C@@H]1c1cccc(OC)c1. The summed E-state index contributed by atoms with van der Waals surface area (Å²) in [5, 5.41) is 12.1. The normalized spacial score (nSPS) is 18.6. The Bertz CT molecular complexity index is 1200. The fraction of sp³-hybridized carbons (Fsp3) is 0.333. The van der Waals surface area contributed by atoms with Crippen LogP contribution in [-0.2, 0) is 16.0 Å². The molecule has 37 heavy (non-hydrogen) atoms. The van der Waals surface area contributed by atoms with E-state index in [1.165, 1.54) is 0 Å². The first-order chi connectivity index (χ1) is 18.1. The molecular formula is C30H34N2O5. The lowest BCUT2D eigenvalue weighted by Gasteiger charge is -2.31. The molecule has 0 bridgehead atoms. The van der Waals surface area contributed by atoms with Gasteiger partial charge in [-0.15, -0.1) is 0 Å². The lowest BCUT2D eigenvalue weighted by molar-refractivity contribution is -0.128. The van der Waals surface area contributed by atoms with E-state index in [0.717, 1.165) is 23.1 Å².